The van der Waals surface area contributed by atoms with Gasteiger partial charge < -0.3 is 9.80 Å². The summed E-state index contributed by atoms with van der Waals surface area (Å²) < 4.78 is 3.54. The highest BCUT2D eigenvalue weighted by molar-refractivity contribution is 6.04. The molecule has 0 spiro atoms. The minimum Gasteiger partial charge on any atom is -0.355 e. The third kappa shape index (κ3) is 3.28. The molecule has 32 heavy (non-hydrogen) atoms. The van der Waals surface area contributed by atoms with Gasteiger partial charge in [-0.25, -0.2) is 9.78 Å². The first kappa shape index (κ1) is 20.7. The molecule has 0 N–H and O–H groups in total. The quantitative estimate of drug-likeness (QED) is 0.494. The van der Waals surface area contributed by atoms with Gasteiger partial charge in [-0.2, -0.15) is 0 Å². The van der Waals surface area contributed by atoms with Gasteiger partial charge in [0.1, 0.15) is 5.82 Å². The maximum atomic E-state index is 12.8. The van der Waals surface area contributed by atoms with Crippen LogP contribution in [0.25, 0.3) is 33.1 Å². The smallest absolute Gasteiger partial charge is 0.329 e. The van der Waals surface area contributed by atoms with Gasteiger partial charge >= 0.3 is 5.69 Å². The lowest BCUT2D eigenvalue weighted by atomic mass is 10.0. The summed E-state index contributed by atoms with van der Waals surface area (Å²) in [6.07, 6.45) is 4.91. The van der Waals surface area contributed by atoms with Crippen molar-refractivity contribution in [2.24, 2.45) is 7.05 Å². The third-order valence-electron chi connectivity index (χ3n) is 6.73. The lowest BCUT2D eigenvalue weighted by Crippen LogP contribution is -2.31. The Kier molecular flexibility index (Phi) is 5.01. The van der Waals surface area contributed by atoms with Crippen LogP contribution in [0.15, 0.2) is 47.5 Å². The van der Waals surface area contributed by atoms with Gasteiger partial charge in [0.25, 0.3) is 0 Å². The molecule has 166 valence electrons. The molecule has 1 unspecified atom stereocenters. The van der Waals surface area contributed by atoms with Crippen molar-refractivity contribution in [1.82, 2.24) is 24.0 Å². The molecule has 0 radical (unpaired) electrons. The zero-order valence-corrected chi connectivity index (χ0v) is 19.4. The molecule has 1 aliphatic rings. The molecule has 0 saturated carbocycles. The maximum Gasteiger partial charge on any atom is 0.329 e. The Morgan fingerprint density at radius 2 is 1.84 bits per heavy atom. The number of rotatable bonds is 4. The SMILES string of the molecule is CC(C)n1c(=O)n(C)c2cnc3ccc(-c4ccc(N5CCC(N(C)C)C5)nc4)cc3c21. The van der Waals surface area contributed by atoms with Crippen molar-refractivity contribution in [3.05, 3.63) is 53.2 Å². The summed E-state index contributed by atoms with van der Waals surface area (Å²) in [4.78, 5) is 26.9. The monoisotopic (exact) mass is 430 g/mol. The van der Waals surface area contributed by atoms with Crippen molar-refractivity contribution < 1.29 is 0 Å². The van der Waals surface area contributed by atoms with Crippen molar-refractivity contribution in [1.29, 1.82) is 0 Å². The van der Waals surface area contributed by atoms with E-state index in [0.29, 0.717) is 6.04 Å². The fourth-order valence-electron chi connectivity index (χ4n) is 4.80. The van der Waals surface area contributed by atoms with E-state index in [1.54, 1.807) is 10.8 Å². The number of likely N-dealkylation sites (N-methyl/N-ethyl adjacent to an activating group) is 1. The molecular weight excluding hydrogens is 400 g/mol. The standard InChI is InChI=1S/C25H30N6O/c1-16(2)31-24-20-12-17(6-8-21(20)26-14-22(24)29(5)25(31)32)18-7-9-23(27-13-18)30-11-10-19(15-30)28(3)4/h6-9,12-14,16,19H,10-11,15H2,1-5H3. The Morgan fingerprint density at radius 1 is 1.06 bits per heavy atom. The number of pyridine rings is 2. The van der Waals surface area contributed by atoms with Crippen molar-refractivity contribution in [2.45, 2.75) is 32.4 Å². The Morgan fingerprint density at radius 3 is 2.50 bits per heavy atom. The molecule has 7 nitrogen and oxygen atoms in total. The lowest BCUT2D eigenvalue weighted by Gasteiger charge is -2.21. The van der Waals surface area contributed by atoms with E-state index in [0.717, 1.165) is 52.0 Å². The van der Waals surface area contributed by atoms with E-state index in [2.05, 4.69) is 53.1 Å². The topological polar surface area (TPSA) is 59.2 Å². The molecular formula is C25H30N6O. The van der Waals surface area contributed by atoms with Gasteiger partial charge in [-0.3, -0.25) is 14.1 Å². The molecule has 0 amide bonds. The molecule has 3 aromatic heterocycles. The molecule has 1 aliphatic heterocycles. The number of aryl methyl sites for hydroxylation is 1. The number of hydrogen-bond acceptors (Lipinski definition) is 5. The second-order valence-electron chi connectivity index (χ2n) is 9.29. The van der Waals surface area contributed by atoms with E-state index in [4.69, 9.17) is 4.98 Å². The number of fused-ring (bicyclic) bond motifs is 3. The van der Waals surface area contributed by atoms with Gasteiger partial charge in [0, 0.05) is 49.4 Å². The average Bonchev–Trinajstić information content (AvgIpc) is 3.38. The number of benzene rings is 1. The minimum atomic E-state index is -0.0117. The summed E-state index contributed by atoms with van der Waals surface area (Å²) in [5.41, 5.74) is 4.80. The second kappa shape index (κ2) is 7.74. The molecule has 1 fully saturated rings. The highest BCUT2D eigenvalue weighted by Crippen LogP contribution is 2.30. The summed E-state index contributed by atoms with van der Waals surface area (Å²) >= 11 is 0. The normalized spacial score (nSPS) is 16.8. The lowest BCUT2D eigenvalue weighted by molar-refractivity contribution is 0.315. The first-order valence-corrected chi connectivity index (χ1v) is 11.2. The van der Waals surface area contributed by atoms with Crippen LogP contribution in [0.3, 0.4) is 0 Å². The van der Waals surface area contributed by atoms with Crippen LogP contribution in [-0.4, -0.2) is 57.2 Å². The first-order valence-electron chi connectivity index (χ1n) is 11.2. The van der Waals surface area contributed by atoms with Crippen LogP contribution in [0.1, 0.15) is 26.3 Å². The van der Waals surface area contributed by atoms with E-state index < -0.39 is 0 Å². The van der Waals surface area contributed by atoms with Crippen LogP contribution >= 0.6 is 0 Å². The van der Waals surface area contributed by atoms with Crippen LogP contribution in [-0.2, 0) is 7.05 Å². The van der Waals surface area contributed by atoms with Gasteiger partial charge in [-0.1, -0.05) is 6.07 Å². The number of imidazole rings is 1. The predicted octanol–water partition coefficient (Wildman–Crippen LogP) is 3.67. The molecule has 1 aromatic carbocycles. The molecule has 4 aromatic rings. The van der Waals surface area contributed by atoms with Crippen molar-refractivity contribution in [2.75, 3.05) is 32.1 Å². The zero-order chi connectivity index (χ0) is 22.6. The molecule has 7 heteroatoms. The Balaban J connectivity index is 1.56. The van der Waals surface area contributed by atoms with Gasteiger partial charge in [0.2, 0.25) is 0 Å². The van der Waals surface area contributed by atoms with E-state index in [1.807, 2.05) is 37.7 Å². The third-order valence-corrected chi connectivity index (χ3v) is 6.73. The highest BCUT2D eigenvalue weighted by Gasteiger charge is 2.24. The van der Waals surface area contributed by atoms with Crippen LogP contribution in [0, 0.1) is 0 Å². The fourth-order valence-corrected chi connectivity index (χ4v) is 4.80. The predicted molar refractivity (Wildman–Crippen MR) is 130 cm³/mol. The molecule has 1 saturated heterocycles. The van der Waals surface area contributed by atoms with E-state index in [1.165, 1.54) is 6.42 Å². The van der Waals surface area contributed by atoms with E-state index in [9.17, 15) is 4.79 Å². The van der Waals surface area contributed by atoms with Gasteiger partial charge in [0.05, 0.1) is 22.7 Å². The number of hydrogen-bond donors (Lipinski definition) is 0. The highest BCUT2D eigenvalue weighted by atomic mass is 16.1. The molecule has 0 bridgehead atoms. The second-order valence-corrected chi connectivity index (χ2v) is 9.29. The van der Waals surface area contributed by atoms with Crippen molar-refractivity contribution >= 4 is 27.8 Å². The van der Waals surface area contributed by atoms with Gasteiger partial charge in [-0.15, -0.1) is 0 Å². The summed E-state index contributed by atoms with van der Waals surface area (Å²) in [7, 11) is 6.09. The first-order chi connectivity index (χ1) is 15.3. The van der Waals surface area contributed by atoms with E-state index in [-0.39, 0.29) is 11.7 Å². The largest absolute Gasteiger partial charge is 0.355 e. The Bertz CT molecular complexity index is 1350. The van der Waals surface area contributed by atoms with Gasteiger partial charge in [-0.05, 0) is 64.2 Å². The summed E-state index contributed by atoms with van der Waals surface area (Å²) in [6.45, 7) is 6.13. The number of nitrogens with zero attached hydrogens (tertiary/aromatic N) is 6. The van der Waals surface area contributed by atoms with Gasteiger partial charge in [0.15, 0.2) is 0 Å². The molecule has 1 atom stereocenters. The van der Waals surface area contributed by atoms with Crippen LogP contribution in [0.4, 0.5) is 5.82 Å². The van der Waals surface area contributed by atoms with Crippen LogP contribution in [0.2, 0.25) is 0 Å². The average molecular weight is 431 g/mol. The summed E-state index contributed by atoms with van der Waals surface area (Å²) in [5.74, 6) is 1.03. The van der Waals surface area contributed by atoms with Crippen LogP contribution in [0.5, 0.6) is 0 Å². The zero-order valence-electron chi connectivity index (χ0n) is 19.4. The Hall–Kier alpha value is -3.19. The number of anilines is 1. The summed E-state index contributed by atoms with van der Waals surface area (Å²) in [5, 5.41) is 0.990. The molecule has 4 heterocycles. The number of aromatic nitrogens is 4. The minimum absolute atomic E-state index is 0.0117. The fraction of sp³-hybridized carbons (Fsp3) is 0.400. The maximum absolute atomic E-state index is 12.8. The summed E-state index contributed by atoms with van der Waals surface area (Å²) in [6, 6.07) is 11.1. The Labute approximate surface area is 187 Å². The van der Waals surface area contributed by atoms with E-state index >= 15 is 0 Å². The van der Waals surface area contributed by atoms with Crippen molar-refractivity contribution in [3.63, 3.8) is 0 Å². The molecule has 5 rings (SSSR count). The van der Waals surface area contributed by atoms with Crippen molar-refractivity contribution in [3.8, 4) is 11.1 Å². The molecule has 0 aliphatic carbocycles. The van der Waals surface area contributed by atoms with Crippen LogP contribution < -0.4 is 10.6 Å².